The molecule has 0 spiro atoms. The van der Waals surface area contributed by atoms with Gasteiger partial charge in [0.15, 0.2) is 0 Å². The first-order valence-electron chi connectivity index (χ1n) is 6.53. The Hall–Kier alpha value is -0.923. The van der Waals surface area contributed by atoms with Crippen LogP contribution in [0.3, 0.4) is 0 Å². The summed E-state index contributed by atoms with van der Waals surface area (Å²) in [6.45, 7) is 10.4. The predicted octanol–water partition coefficient (Wildman–Crippen LogP) is 2.82. The van der Waals surface area contributed by atoms with Crippen molar-refractivity contribution in [3.05, 3.63) is 0 Å². The maximum Gasteiger partial charge on any atom is 0.670 e. The fourth-order valence-corrected chi connectivity index (χ4v) is 2.07. The van der Waals surface area contributed by atoms with Gasteiger partial charge in [-0.2, -0.15) is 0 Å². The van der Waals surface area contributed by atoms with Crippen LogP contribution in [0.4, 0.5) is 0 Å². The molecule has 0 N–H and O–H groups in total. The second-order valence-electron chi connectivity index (χ2n) is 4.25. The van der Waals surface area contributed by atoms with Crippen molar-refractivity contribution in [3.8, 4) is 0 Å². The lowest BCUT2D eigenvalue weighted by molar-refractivity contribution is 0.0475. The molecular weight excluding hydrogens is 264 g/mol. The Labute approximate surface area is 117 Å². The lowest BCUT2D eigenvalue weighted by Gasteiger charge is -2.20. The molecule has 0 heterocycles. The van der Waals surface area contributed by atoms with Crippen LogP contribution in [-0.4, -0.2) is 40.6 Å². The molecule has 0 aliphatic rings. The van der Waals surface area contributed by atoms with Crippen LogP contribution in [0.2, 0.25) is 6.55 Å². The third-order valence-corrected chi connectivity index (χ3v) is 3.98. The molecule has 0 unspecified atom stereocenters. The van der Waals surface area contributed by atoms with Gasteiger partial charge in [0.2, 0.25) is 0 Å². The standard InChI is InChI=1S/C12H26N2O4Si/c1-7-11(3)13-17-19(6,16-10-9-15-5)18-14-12(4)8-2/h7-10H2,1-6H3/b13-11+,14-12+. The second kappa shape index (κ2) is 9.94. The minimum Gasteiger partial charge on any atom is -0.383 e. The van der Waals surface area contributed by atoms with Gasteiger partial charge in [-0.15, -0.1) is 10.3 Å². The highest BCUT2D eigenvalue weighted by molar-refractivity contribution is 6.59. The predicted molar refractivity (Wildman–Crippen MR) is 78.4 cm³/mol. The van der Waals surface area contributed by atoms with Crippen LogP contribution in [0.5, 0.6) is 0 Å². The Balaban J connectivity index is 4.60. The molecule has 0 saturated carbocycles. The van der Waals surface area contributed by atoms with E-state index >= 15 is 0 Å². The largest absolute Gasteiger partial charge is 0.670 e. The van der Waals surface area contributed by atoms with Gasteiger partial charge in [-0.1, -0.05) is 13.8 Å². The summed E-state index contributed by atoms with van der Waals surface area (Å²) >= 11 is 0. The van der Waals surface area contributed by atoms with Crippen molar-refractivity contribution in [2.24, 2.45) is 10.3 Å². The van der Waals surface area contributed by atoms with Crippen molar-refractivity contribution in [1.82, 2.24) is 0 Å². The summed E-state index contributed by atoms with van der Waals surface area (Å²) < 4.78 is 21.4. The minimum atomic E-state index is -2.90. The van der Waals surface area contributed by atoms with E-state index in [2.05, 4.69) is 10.3 Å². The number of hydrogen-bond donors (Lipinski definition) is 0. The van der Waals surface area contributed by atoms with Crippen LogP contribution in [0.1, 0.15) is 40.5 Å². The maximum atomic E-state index is 5.62. The molecule has 0 rings (SSSR count). The molecule has 0 aliphatic carbocycles. The normalized spacial score (nSPS) is 16.1. The van der Waals surface area contributed by atoms with Gasteiger partial charge < -0.3 is 18.2 Å². The molecule has 112 valence electrons. The summed E-state index contributed by atoms with van der Waals surface area (Å²) in [7, 11) is -1.29. The number of oxime groups is 2. The third kappa shape index (κ3) is 8.74. The molecule has 0 atom stereocenters. The average molecular weight is 290 g/mol. The molecule has 0 aromatic rings. The first-order chi connectivity index (χ1) is 8.97. The van der Waals surface area contributed by atoms with Crippen molar-refractivity contribution in [2.45, 2.75) is 47.1 Å². The van der Waals surface area contributed by atoms with Gasteiger partial charge >= 0.3 is 8.80 Å². The van der Waals surface area contributed by atoms with Crippen molar-refractivity contribution in [1.29, 1.82) is 0 Å². The maximum absolute atomic E-state index is 5.62. The highest BCUT2D eigenvalue weighted by atomic mass is 28.4. The lowest BCUT2D eigenvalue weighted by Crippen LogP contribution is -2.41. The number of hydrogen-bond acceptors (Lipinski definition) is 6. The monoisotopic (exact) mass is 290 g/mol. The molecule has 0 saturated heterocycles. The highest BCUT2D eigenvalue weighted by Gasteiger charge is 2.41. The van der Waals surface area contributed by atoms with Crippen molar-refractivity contribution in [3.63, 3.8) is 0 Å². The first kappa shape index (κ1) is 18.1. The van der Waals surface area contributed by atoms with Crippen molar-refractivity contribution >= 4 is 20.2 Å². The number of ether oxygens (including phenoxy) is 1. The van der Waals surface area contributed by atoms with Gasteiger partial charge in [0.05, 0.1) is 24.6 Å². The Morgan fingerprint density at radius 2 is 1.42 bits per heavy atom. The van der Waals surface area contributed by atoms with E-state index in [0.717, 1.165) is 24.3 Å². The second-order valence-corrected chi connectivity index (χ2v) is 6.63. The average Bonchev–Trinajstić information content (AvgIpc) is 2.42. The molecule has 0 aromatic heterocycles. The van der Waals surface area contributed by atoms with Crippen LogP contribution in [-0.2, 0) is 18.2 Å². The third-order valence-electron chi connectivity index (χ3n) is 2.41. The van der Waals surface area contributed by atoms with E-state index in [1.807, 2.05) is 27.7 Å². The topological polar surface area (TPSA) is 61.6 Å². The van der Waals surface area contributed by atoms with Gasteiger partial charge in [-0.05, 0) is 26.7 Å². The van der Waals surface area contributed by atoms with Gasteiger partial charge in [0.1, 0.15) is 0 Å². The molecule has 0 aromatic carbocycles. The van der Waals surface area contributed by atoms with Gasteiger partial charge in [-0.25, -0.2) is 0 Å². The van der Waals surface area contributed by atoms with E-state index in [9.17, 15) is 0 Å². The molecule has 0 radical (unpaired) electrons. The first-order valence-corrected chi connectivity index (χ1v) is 8.76. The summed E-state index contributed by atoms with van der Waals surface area (Å²) in [5.41, 5.74) is 1.77. The van der Waals surface area contributed by atoms with Crippen LogP contribution in [0, 0.1) is 0 Å². The molecular formula is C12H26N2O4Si. The van der Waals surface area contributed by atoms with Crippen LogP contribution < -0.4 is 0 Å². The summed E-state index contributed by atoms with van der Waals surface area (Å²) in [4.78, 5) is 0. The number of rotatable bonds is 10. The lowest BCUT2D eigenvalue weighted by atomic mass is 10.3. The van der Waals surface area contributed by atoms with Crippen molar-refractivity contribution in [2.75, 3.05) is 20.3 Å². The quantitative estimate of drug-likeness (QED) is 0.269. The van der Waals surface area contributed by atoms with Gasteiger partial charge in [-0.3, -0.25) is 0 Å². The zero-order valence-corrected chi connectivity index (χ0v) is 13.9. The fraction of sp³-hybridized carbons (Fsp3) is 0.833. The Bertz CT molecular complexity index is 286. The molecule has 19 heavy (non-hydrogen) atoms. The fourth-order valence-electron chi connectivity index (χ4n) is 0.831. The van der Waals surface area contributed by atoms with E-state index in [4.69, 9.17) is 18.2 Å². The molecule has 0 amide bonds. The molecule has 7 heteroatoms. The smallest absolute Gasteiger partial charge is 0.383 e. The molecule has 0 aliphatic heterocycles. The van der Waals surface area contributed by atoms with Crippen molar-refractivity contribution < 1.29 is 18.2 Å². The SMILES string of the molecule is CC/C(C)=N/O[Si](C)(OCCOC)O/N=C(\C)CC. The van der Waals surface area contributed by atoms with E-state index in [1.54, 1.807) is 13.7 Å². The van der Waals surface area contributed by atoms with Crippen LogP contribution >= 0.6 is 0 Å². The summed E-state index contributed by atoms with van der Waals surface area (Å²) in [5.74, 6) is 0. The van der Waals surface area contributed by atoms with Gasteiger partial charge in [0, 0.05) is 13.7 Å². The Morgan fingerprint density at radius 3 is 1.79 bits per heavy atom. The Morgan fingerprint density at radius 1 is 0.947 bits per heavy atom. The van der Waals surface area contributed by atoms with Gasteiger partial charge in [0.25, 0.3) is 0 Å². The van der Waals surface area contributed by atoms with E-state index in [1.165, 1.54) is 0 Å². The zero-order chi connectivity index (χ0) is 14.7. The van der Waals surface area contributed by atoms with Crippen LogP contribution in [0.15, 0.2) is 10.3 Å². The molecule has 0 bridgehead atoms. The number of nitrogens with zero attached hydrogens (tertiary/aromatic N) is 2. The Kier molecular flexibility index (Phi) is 9.45. The zero-order valence-electron chi connectivity index (χ0n) is 12.9. The van der Waals surface area contributed by atoms with E-state index in [0.29, 0.717) is 13.2 Å². The molecule has 6 nitrogen and oxygen atoms in total. The molecule has 0 fully saturated rings. The van der Waals surface area contributed by atoms with E-state index < -0.39 is 8.80 Å². The highest BCUT2D eigenvalue weighted by Crippen LogP contribution is 2.11. The summed E-state index contributed by atoms with van der Waals surface area (Å²) in [5, 5.41) is 8.03. The van der Waals surface area contributed by atoms with Crippen LogP contribution in [0.25, 0.3) is 0 Å². The summed E-state index contributed by atoms with van der Waals surface area (Å²) in [6.07, 6.45) is 1.64. The number of methoxy groups -OCH3 is 1. The minimum absolute atomic E-state index is 0.389. The summed E-state index contributed by atoms with van der Waals surface area (Å²) in [6, 6.07) is 0. The van der Waals surface area contributed by atoms with E-state index in [-0.39, 0.29) is 0 Å².